The molecule has 2 fully saturated rings. The number of alkyl halides is 1. The molecular weight excluding hydrogens is 202 g/mol. The van der Waals surface area contributed by atoms with Gasteiger partial charge in [0.15, 0.2) is 0 Å². The van der Waals surface area contributed by atoms with E-state index in [0.29, 0.717) is 18.3 Å². The Bertz CT molecular complexity index is 222. The van der Waals surface area contributed by atoms with Crippen molar-refractivity contribution in [2.45, 2.75) is 18.7 Å². The van der Waals surface area contributed by atoms with Gasteiger partial charge >= 0.3 is 0 Å². The fourth-order valence-electron chi connectivity index (χ4n) is 2.24. The smallest absolute Gasteiger partial charge is 0.240 e. The predicted molar refractivity (Wildman–Crippen MR) is 54.3 cm³/mol. The minimum Gasteiger partial charge on any atom is -0.381 e. The Kier molecular flexibility index (Phi) is 2.98. The molecule has 0 aromatic carbocycles. The zero-order valence-electron chi connectivity index (χ0n) is 8.41. The third-order valence-corrected chi connectivity index (χ3v) is 3.67. The van der Waals surface area contributed by atoms with Crippen molar-refractivity contribution in [1.82, 2.24) is 4.90 Å². The van der Waals surface area contributed by atoms with Crippen LogP contribution >= 0.6 is 11.6 Å². The van der Waals surface area contributed by atoms with Gasteiger partial charge in [0, 0.05) is 24.9 Å². The summed E-state index contributed by atoms with van der Waals surface area (Å²) in [4.78, 5) is 13.7. The van der Waals surface area contributed by atoms with Crippen molar-refractivity contribution in [2.75, 3.05) is 26.3 Å². The molecular formula is C10H16ClNO2. The van der Waals surface area contributed by atoms with E-state index in [9.17, 15) is 4.79 Å². The molecule has 0 bridgehead atoms. The molecule has 0 saturated carbocycles. The average molecular weight is 218 g/mol. The minimum absolute atomic E-state index is 0.101. The summed E-state index contributed by atoms with van der Waals surface area (Å²) in [6, 6.07) is 0. The highest BCUT2D eigenvalue weighted by atomic mass is 35.5. The maximum Gasteiger partial charge on any atom is 0.240 e. The molecule has 2 aliphatic rings. The van der Waals surface area contributed by atoms with Gasteiger partial charge in [0.1, 0.15) is 5.38 Å². The molecule has 2 heterocycles. The second-order valence-electron chi connectivity index (χ2n) is 4.18. The molecule has 0 radical (unpaired) electrons. The van der Waals surface area contributed by atoms with E-state index in [4.69, 9.17) is 16.3 Å². The van der Waals surface area contributed by atoms with Crippen LogP contribution in [0.15, 0.2) is 0 Å². The fourth-order valence-corrected chi connectivity index (χ4v) is 2.38. The third kappa shape index (κ3) is 1.75. The number of amides is 1. The topological polar surface area (TPSA) is 29.5 Å². The second-order valence-corrected chi connectivity index (χ2v) is 4.70. The maximum atomic E-state index is 11.8. The van der Waals surface area contributed by atoms with E-state index in [-0.39, 0.29) is 11.3 Å². The van der Waals surface area contributed by atoms with Crippen molar-refractivity contribution in [3.63, 3.8) is 0 Å². The summed E-state index contributed by atoms with van der Waals surface area (Å²) in [6.07, 6.45) is 0.711. The van der Waals surface area contributed by atoms with Crippen LogP contribution in [-0.4, -0.2) is 42.5 Å². The highest BCUT2D eigenvalue weighted by molar-refractivity contribution is 6.30. The first-order valence-corrected chi connectivity index (χ1v) is 5.66. The highest BCUT2D eigenvalue weighted by Gasteiger charge is 2.39. The summed E-state index contributed by atoms with van der Waals surface area (Å²) < 4.78 is 5.36. The van der Waals surface area contributed by atoms with E-state index in [1.165, 1.54) is 0 Å². The van der Waals surface area contributed by atoms with Crippen molar-refractivity contribution in [3.8, 4) is 0 Å². The Morgan fingerprint density at radius 1 is 1.50 bits per heavy atom. The van der Waals surface area contributed by atoms with Crippen LogP contribution in [0, 0.1) is 11.8 Å². The van der Waals surface area contributed by atoms with Crippen LogP contribution in [0.1, 0.15) is 13.3 Å². The highest BCUT2D eigenvalue weighted by Crippen LogP contribution is 2.29. The van der Waals surface area contributed by atoms with Crippen LogP contribution in [-0.2, 0) is 9.53 Å². The zero-order chi connectivity index (χ0) is 10.1. The summed E-state index contributed by atoms with van der Waals surface area (Å²) >= 11 is 5.93. The van der Waals surface area contributed by atoms with E-state index in [0.717, 1.165) is 26.3 Å². The monoisotopic (exact) mass is 217 g/mol. The van der Waals surface area contributed by atoms with E-state index < -0.39 is 0 Å². The summed E-state index contributed by atoms with van der Waals surface area (Å²) in [5, 5.41) is -0.338. The van der Waals surface area contributed by atoms with E-state index in [1.807, 2.05) is 11.8 Å². The molecule has 2 aliphatic heterocycles. The van der Waals surface area contributed by atoms with Gasteiger partial charge in [-0.25, -0.2) is 0 Å². The van der Waals surface area contributed by atoms with Crippen molar-refractivity contribution in [1.29, 1.82) is 0 Å². The van der Waals surface area contributed by atoms with Gasteiger partial charge in [-0.2, -0.15) is 0 Å². The first-order chi connectivity index (χ1) is 6.72. The molecule has 2 rings (SSSR count). The van der Waals surface area contributed by atoms with E-state index in [1.54, 1.807) is 0 Å². The Labute approximate surface area is 89.4 Å². The molecule has 0 aromatic heterocycles. The van der Waals surface area contributed by atoms with Gasteiger partial charge in [0.25, 0.3) is 0 Å². The summed E-state index contributed by atoms with van der Waals surface area (Å²) in [5.74, 6) is 1.21. The summed E-state index contributed by atoms with van der Waals surface area (Å²) in [7, 11) is 0. The number of hydrogen-bond donors (Lipinski definition) is 0. The van der Waals surface area contributed by atoms with Gasteiger partial charge in [-0.1, -0.05) is 6.92 Å². The number of carbonyl (C=O) groups is 1. The predicted octanol–water partition coefficient (Wildman–Crippen LogP) is 1.11. The van der Waals surface area contributed by atoms with Crippen LogP contribution < -0.4 is 0 Å². The number of halogens is 1. The van der Waals surface area contributed by atoms with Gasteiger partial charge in [-0.15, -0.1) is 11.6 Å². The number of ether oxygens (including phenoxy) is 1. The van der Waals surface area contributed by atoms with Gasteiger partial charge < -0.3 is 9.64 Å². The Hall–Kier alpha value is -0.280. The number of likely N-dealkylation sites (tertiary alicyclic amines) is 1. The lowest BCUT2D eigenvalue weighted by molar-refractivity contribution is -0.130. The number of nitrogens with zero attached hydrogens (tertiary/aromatic N) is 1. The van der Waals surface area contributed by atoms with Gasteiger partial charge in [-0.05, 0) is 6.42 Å². The van der Waals surface area contributed by atoms with Gasteiger partial charge in [-0.3, -0.25) is 4.79 Å². The lowest BCUT2D eigenvalue weighted by Gasteiger charge is -2.19. The van der Waals surface area contributed by atoms with Crippen LogP contribution in [0.5, 0.6) is 0 Å². The van der Waals surface area contributed by atoms with Crippen molar-refractivity contribution in [3.05, 3.63) is 0 Å². The lowest BCUT2D eigenvalue weighted by Crippen LogP contribution is -2.35. The summed E-state index contributed by atoms with van der Waals surface area (Å²) in [6.45, 7) is 5.25. The van der Waals surface area contributed by atoms with Crippen LogP contribution in [0.4, 0.5) is 0 Å². The first-order valence-electron chi connectivity index (χ1n) is 5.23. The molecule has 0 spiro atoms. The molecule has 3 unspecified atom stereocenters. The molecule has 3 nitrogen and oxygen atoms in total. The van der Waals surface area contributed by atoms with E-state index in [2.05, 4.69) is 0 Å². The number of carbonyl (C=O) groups excluding carboxylic acids is 1. The Morgan fingerprint density at radius 3 is 2.57 bits per heavy atom. The Morgan fingerprint density at radius 2 is 2.07 bits per heavy atom. The van der Waals surface area contributed by atoms with Crippen LogP contribution in [0.3, 0.4) is 0 Å². The molecule has 0 aliphatic carbocycles. The number of hydrogen-bond acceptors (Lipinski definition) is 2. The second kappa shape index (κ2) is 4.07. The summed E-state index contributed by atoms with van der Waals surface area (Å²) in [5.41, 5.74) is 0. The standard InChI is InChI=1S/C10H16ClNO2/c1-2-9(11)10(13)12-3-7-5-14-6-8(7)4-12/h7-9H,2-6H2,1H3. The molecule has 3 atom stereocenters. The normalized spacial score (nSPS) is 33.1. The maximum absolute atomic E-state index is 11.8. The molecule has 4 heteroatoms. The van der Waals surface area contributed by atoms with Crippen molar-refractivity contribution >= 4 is 17.5 Å². The van der Waals surface area contributed by atoms with E-state index >= 15 is 0 Å². The number of rotatable bonds is 2. The fraction of sp³-hybridized carbons (Fsp3) is 0.900. The van der Waals surface area contributed by atoms with Crippen molar-refractivity contribution < 1.29 is 9.53 Å². The first kappa shape index (κ1) is 10.2. The minimum atomic E-state index is -0.338. The largest absolute Gasteiger partial charge is 0.381 e. The lowest BCUT2D eigenvalue weighted by atomic mass is 10.0. The third-order valence-electron chi connectivity index (χ3n) is 3.18. The molecule has 0 aromatic rings. The molecule has 1 amide bonds. The van der Waals surface area contributed by atoms with Crippen LogP contribution in [0.2, 0.25) is 0 Å². The van der Waals surface area contributed by atoms with Crippen molar-refractivity contribution in [2.24, 2.45) is 11.8 Å². The quantitative estimate of drug-likeness (QED) is 0.649. The SMILES string of the molecule is CCC(Cl)C(=O)N1CC2COCC2C1. The Balaban J connectivity index is 1.92. The molecule has 2 saturated heterocycles. The average Bonchev–Trinajstić information content (AvgIpc) is 2.74. The molecule has 80 valence electrons. The zero-order valence-corrected chi connectivity index (χ0v) is 9.17. The van der Waals surface area contributed by atoms with Crippen LogP contribution in [0.25, 0.3) is 0 Å². The molecule has 0 N–H and O–H groups in total. The van der Waals surface area contributed by atoms with Gasteiger partial charge in [0.05, 0.1) is 13.2 Å². The van der Waals surface area contributed by atoms with Gasteiger partial charge in [0.2, 0.25) is 5.91 Å². The molecule has 14 heavy (non-hydrogen) atoms. The number of fused-ring (bicyclic) bond motifs is 1.